The molecule has 2 amide bonds. The van der Waals surface area contributed by atoms with Crippen molar-refractivity contribution in [3.63, 3.8) is 0 Å². The zero-order valence-electron chi connectivity index (χ0n) is 18.9. The van der Waals surface area contributed by atoms with E-state index < -0.39 is 47.7 Å². The molecular weight excluding hydrogens is 392 g/mol. The fourth-order valence-corrected chi connectivity index (χ4v) is 3.07. The van der Waals surface area contributed by atoms with Gasteiger partial charge in [-0.2, -0.15) is 17.6 Å². The summed E-state index contributed by atoms with van der Waals surface area (Å²) < 4.78 is 64.4. The first kappa shape index (κ1) is 27.6. The molecule has 0 radical (unpaired) electrons. The molecule has 2 unspecified atom stereocenters. The Hall–Kier alpha value is -1.38. The van der Waals surface area contributed by atoms with Crippen molar-refractivity contribution in [2.45, 2.75) is 80.4 Å². The molecule has 29 heavy (non-hydrogen) atoms. The standard InChI is InChI=1S/C20H36F4N2O3/c1-9-17(7,15(27)25(11-3)12-4)19(21,22)29-20(23,24)18(8,10-2)16(28)26(13-5)14-6/h9-14H2,1-8H3. The normalized spacial score (nSPS) is 16.7. The number of ether oxygens (including phenoxy) is 1. The molecule has 0 aromatic carbocycles. The Morgan fingerprint density at radius 1 is 0.655 bits per heavy atom. The third kappa shape index (κ3) is 5.03. The second kappa shape index (κ2) is 10.1. The van der Waals surface area contributed by atoms with Crippen LogP contribution in [0, 0.1) is 10.8 Å². The topological polar surface area (TPSA) is 49.9 Å². The van der Waals surface area contributed by atoms with Crippen molar-refractivity contribution in [1.82, 2.24) is 9.80 Å². The minimum Gasteiger partial charge on any atom is -0.343 e. The molecule has 0 fully saturated rings. The van der Waals surface area contributed by atoms with Crippen molar-refractivity contribution < 1.29 is 31.9 Å². The first-order chi connectivity index (χ1) is 13.2. The summed E-state index contributed by atoms with van der Waals surface area (Å²) in [6.45, 7) is 11.5. The van der Waals surface area contributed by atoms with Crippen LogP contribution in [0.15, 0.2) is 0 Å². The summed E-state index contributed by atoms with van der Waals surface area (Å²) in [7, 11) is 0. The van der Waals surface area contributed by atoms with Crippen LogP contribution in [0.2, 0.25) is 0 Å². The van der Waals surface area contributed by atoms with E-state index in [1.165, 1.54) is 13.8 Å². The molecule has 0 saturated carbocycles. The lowest BCUT2D eigenvalue weighted by atomic mass is 9.82. The maximum Gasteiger partial charge on any atom is 0.374 e. The maximum atomic E-state index is 15.1. The van der Waals surface area contributed by atoms with Crippen molar-refractivity contribution in [1.29, 1.82) is 0 Å². The fourth-order valence-electron chi connectivity index (χ4n) is 3.07. The molecule has 2 atom stereocenters. The summed E-state index contributed by atoms with van der Waals surface area (Å²) in [5, 5.41) is 0. The number of hydrogen-bond acceptors (Lipinski definition) is 3. The first-order valence-electron chi connectivity index (χ1n) is 10.2. The van der Waals surface area contributed by atoms with Gasteiger partial charge in [-0.15, -0.1) is 0 Å². The molecule has 0 saturated heterocycles. The highest BCUT2D eigenvalue weighted by Crippen LogP contribution is 2.50. The van der Waals surface area contributed by atoms with Gasteiger partial charge in [0.25, 0.3) is 0 Å². The molecule has 9 heteroatoms. The van der Waals surface area contributed by atoms with Crippen LogP contribution < -0.4 is 0 Å². The SMILES string of the molecule is CCN(CC)C(=O)C(C)(CC)C(F)(F)OC(F)(F)C(C)(CC)C(=O)N(CC)CC. The second-order valence-corrected chi connectivity index (χ2v) is 7.46. The minimum atomic E-state index is -4.50. The number of nitrogens with zero attached hydrogens (tertiary/aromatic N) is 2. The molecule has 172 valence electrons. The van der Waals surface area contributed by atoms with Gasteiger partial charge in [-0.05, 0) is 54.4 Å². The Bertz CT molecular complexity index is 518. The number of alkyl halides is 4. The Morgan fingerprint density at radius 3 is 1.07 bits per heavy atom. The third-order valence-corrected chi connectivity index (χ3v) is 6.00. The number of amides is 2. The largest absolute Gasteiger partial charge is 0.374 e. The molecule has 0 heterocycles. The van der Waals surface area contributed by atoms with Crippen molar-refractivity contribution in [2.24, 2.45) is 10.8 Å². The zero-order valence-corrected chi connectivity index (χ0v) is 18.9. The fraction of sp³-hybridized carbons (Fsp3) is 0.900. The molecule has 0 aliphatic carbocycles. The van der Waals surface area contributed by atoms with Crippen molar-refractivity contribution in [3.8, 4) is 0 Å². The van der Waals surface area contributed by atoms with E-state index in [1.54, 1.807) is 27.7 Å². The Morgan fingerprint density at radius 2 is 0.897 bits per heavy atom. The van der Waals surface area contributed by atoms with Crippen LogP contribution in [0.25, 0.3) is 0 Å². The number of carbonyl (C=O) groups excluding carboxylic acids is 2. The molecule has 0 aromatic rings. The van der Waals surface area contributed by atoms with Gasteiger partial charge in [0.05, 0.1) is 0 Å². The van der Waals surface area contributed by atoms with Crippen LogP contribution in [0.4, 0.5) is 17.6 Å². The molecule has 0 aliphatic rings. The smallest absolute Gasteiger partial charge is 0.343 e. The van der Waals surface area contributed by atoms with E-state index in [2.05, 4.69) is 4.74 Å². The summed E-state index contributed by atoms with van der Waals surface area (Å²) in [5.41, 5.74) is -5.01. The van der Waals surface area contributed by atoms with Crippen LogP contribution in [-0.4, -0.2) is 60.0 Å². The predicted molar refractivity (Wildman–Crippen MR) is 104 cm³/mol. The first-order valence-corrected chi connectivity index (χ1v) is 10.2. The zero-order chi connectivity index (χ0) is 23.3. The molecule has 5 nitrogen and oxygen atoms in total. The lowest BCUT2D eigenvalue weighted by molar-refractivity contribution is -0.427. The van der Waals surface area contributed by atoms with Crippen LogP contribution in [0.5, 0.6) is 0 Å². The van der Waals surface area contributed by atoms with E-state index in [4.69, 9.17) is 0 Å². The quantitative estimate of drug-likeness (QED) is 0.421. The Balaban J connectivity index is 6.13. The van der Waals surface area contributed by atoms with Crippen molar-refractivity contribution in [3.05, 3.63) is 0 Å². The summed E-state index contributed by atoms with van der Waals surface area (Å²) >= 11 is 0. The van der Waals surface area contributed by atoms with E-state index in [0.717, 1.165) is 23.6 Å². The van der Waals surface area contributed by atoms with Gasteiger partial charge < -0.3 is 9.80 Å². The highest BCUT2D eigenvalue weighted by Gasteiger charge is 2.66. The van der Waals surface area contributed by atoms with E-state index in [1.807, 2.05) is 0 Å². The highest BCUT2D eigenvalue weighted by molar-refractivity contribution is 5.84. The Labute approximate surface area is 171 Å². The molecule has 0 spiro atoms. The van der Waals surface area contributed by atoms with E-state index in [9.17, 15) is 9.59 Å². The van der Waals surface area contributed by atoms with Gasteiger partial charge >= 0.3 is 12.2 Å². The third-order valence-electron chi connectivity index (χ3n) is 6.00. The maximum absolute atomic E-state index is 15.1. The van der Waals surface area contributed by atoms with Gasteiger partial charge in [0.1, 0.15) is 10.8 Å². The second-order valence-electron chi connectivity index (χ2n) is 7.46. The summed E-state index contributed by atoms with van der Waals surface area (Å²) in [4.78, 5) is 27.7. The average Bonchev–Trinajstić information content (AvgIpc) is 2.66. The van der Waals surface area contributed by atoms with Gasteiger partial charge in [0.2, 0.25) is 11.8 Å². The summed E-state index contributed by atoms with van der Waals surface area (Å²) in [6, 6.07) is 0. The highest BCUT2D eigenvalue weighted by atomic mass is 19.3. The van der Waals surface area contributed by atoms with Crippen molar-refractivity contribution >= 4 is 11.8 Å². The minimum absolute atomic E-state index is 0.157. The van der Waals surface area contributed by atoms with Gasteiger partial charge in [0, 0.05) is 26.2 Å². The van der Waals surface area contributed by atoms with E-state index >= 15 is 17.6 Å². The number of rotatable bonds is 12. The van der Waals surface area contributed by atoms with Crippen LogP contribution >= 0.6 is 0 Å². The van der Waals surface area contributed by atoms with Gasteiger partial charge in [-0.3, -0.25) is 14.3 Å². The number of halogens is 4. The molecule has 0 aliphatic heterocycles. The van der Waals surface area contributed by atoms with E-state index in [0.29, 0.717) is 0 Å². The molecule has 0 aromatic heterocycles. The Kier molecular flexibility index (Phi) is 9.61. The lowest BCUT2D eigenvalue weighted by Crippen LogP contribution is -2.60. The average molecular weight is 429 g/mol. The predicted octanol–water partition coefficient (Wildman–Crippen LogP) is 4.76. The molecular formula is C20H36F4N2O3. The summed E-state index contributed by atoms with van der Waals surface area (Å²) in [6.07, 6.45) is -9.83. The van der Waals surface area contributed by atoms with Gasteiger partial charge in [0.15, 0.2) is 0 Å². The van der Waals surface area contributed by atoms with Gasteiger partial charge in [-0.25, -0.2) is 0 Å². The van der Waals surface area contributed by atoms with Crippen molar-refractivity contribution in [2.75, 3.05) is 26.2 Å². The van der Waals surface area contributed by atoms with Crippen LogP contribution in [0.3, 0.4) is 0 Å². The molecule has 0 rings (SSSR count). The number of carbonyl (C=O) groups is 2. The van der Waals surface area contributed by atoms with Crippen LogP contribution in [0.1, 0.15) is 68.2 Å². The van der Waals surface area contributed by atoms with Crippen LogP contribution in [-0.2, 0) is 14.3 Å². The summed E-state index contributed by atoms with van der Waals surface area (Å²) in [5.74, 6) is -1.95. The van der Waals surface area contributed by atoms with E-state index in [-0.39, 0.29) is 26.2 Å². The number of hydrogen-bond donors (Lipinski definition) is 0. The monoisotopic (exact) mass is 428 g/mol. The van der Waals surface area contributed by atoms with Gasteiger partial charge in [-0.1, -0.05) is 13.8 Å². The molecule has 0 N–H and O–H groups in total. The molecule has 0 bridgehead atoms. The lowest BCUT2D eigenvalue weighted by Gasteiger charge is -2.43.